The molecule has 5 rings (SSSR count). The van der Waals surface area contributed by atoms with Gasteiger partial charge in [0.25, 0.3) is 11.8 Å². The number of carbonyl (C=O) groups is 2. The lowest BCUT2D eigenvalue weighted by Gasteiger charge is -2.36. The maximum atomic E-state index is 13.7. The standard InChI is InChI=1S/C28H31F3N6O5/c1-14(8-15-9-18(10-15)42-26-22(24(32)38)20-7-4-16(29)12-36(20)35-26)33-25(39)23-19-6-5-17(41-13-28(2,3)40)11-21(19)37(34-23)27(30)31/h4-7,11-12,14-15,18,27,40H,8-10,13H2,1-3H3,(H2,32,38)(H,33,39)/t14-,15?,18?/m0/s1. The van der Waals surface area contributed by atoms with E-state index in [4.69, 9.17) is 15.2 Å². The number of nitrogens with one attached hydrogen (secondary N) is 1. The summed E-state index contributed by atoms with van der Waals surface area (Å²) in [6, 6.07) is 6.68. The van der Waals surface area contributed by atoms with E-state index < -0.39 is 29.8 Å². The van der Waals surface area contributed by atoms with Crippen LogP contribution >= 0.6 is 0 Å². The molecule has 0 radical (unpaired) electrons. The molecule has 1 fully saturated rings. The number of rotatable bonds is 11. The number of aliphatic hydroxyl groups is 1. The average molecular weight is 589 g/mol. The second-order valence-electron chi connectivity index (χ2n) is 11.3. The second-order valence-corrected chi connectivity index (χ2v) is 11.3. The lowest BCUT2D eigenvalue weighted by atomic mass is 9.78. The molecule has 0 saturated heterocycles. The van der Waals surface area contributed by atoms with Crippen LogP contribution in [0.4, 0.5) is 13.2 Å². The quantitative estimate of drug-likeness (QED) is 0.241. The van der Waals surface area contributed by atoms with Gasteiger partial charge in [0.2, 0.25) is 5.88 Å². The smallest absolute Gasteiger partial charge is 0.333 e. The molecule has 0 bridgehead atoms. The van der Waals surface area contributed by atoms with Crippen LogP contribution in [0.25, 0.3) is 16.4 Å². The molecule has 4 N–H and O–H groups in total. The van der Waals surface area contributed by atoms with Crippen LogP contribution in [-0.4, -0.2) is 60.7 Å². The van der Waals surface area contributed by atoms with Crippen molar-refractivity contribution in [3.63, 3.8) is 0 Å². The van der Waals surface area contributed by atoms with Crippen LogP contribution in [0, 0.1) is 11.7 Å². The first-order valence-corrected chi connectivity index (χ1v) is 13.4. The molecule has 0 spiro atoms. The fraction of sp³-hybridized carbons (Fsp3) is 0.429. The molecule has 1 aliphatic carbocycles. The molecule has 1 aliphatic rings. The van der Waals surface area contributed by atoms with Crippen LogP contribution in [0.15, 0.2) is 36.5 Å². The molecular formula is C28H31F3N6O5. The highest BCUT2D eigenvalue weighted by Gasteiger charge is 2.34. The summed E-state index contributed by atoms with van der Waals surface area (Å²) in [6.45, 7) is 1.89. The van der Waals surface area contributed by atoms with E-state index in [1.165, 1.54) is 34.8 Å². The van der Waals surface area contributed by atoms with E-state index in [1.54, 1.807) is 13.8 Å². The first-order valence-electron chi connectivity index (χ1n) is 13.4. The Kier molecular flexibility index (Phi) is 7.75. The minimum atomic E-state index is -2.98. The van der Waals surface area contributed by atoms with Gasteiger partial charge in [-0.15, -0.1) is 5.10 Å². The van der Waals surface area contributed by atoms with Crippen LogP contribution < -0.4 is 20.5 Å². The number of nitrogens with two attached hydrogens (primary N) is 1. The molecule has 14 heteroatoms. The molecule has 0 unspecified atom stereocenters. The Morgan fingerprint density at radius 2 is 1.93 bits per heavy atom. The van der Waals surface area contributed by atoms with Crippen LogP contribution in [0.1, 0.15) is 67.4 Å². The topological polar surface area (TPSA) is 146 Å². The predicted molar refractivity (Wildman–Crippen MR) is 145 cm³/mol. The summed E-state index contributed by atoms with van der Waals surface area (Å²) in [6.07, 6.45) is 2.71. The maximum absolute atomic E-state index is 13.7. The molecule has 1 aromatic carbocycles. The SMILES string of the molecule is C[C@@H](CC1CC(Oc2nn3cc(F)ccc3c2C(N)=O)C1)NC(=O)c1nn(C(F)F)c2cc(OCC(C)(C)O)ccc12. The third kappa shape index (κ3) is 6.12. The van der Waals surface area contributed by atoms with E-state index in [0.29, 0.717) is 29.5 Å². The number of pyridine rings is 1. The number of primary amides is 1. The van der Waals surface area contributed by atoms with E-state index in [1.807, 2.05) is 6.92 Å². The molecular weight excluding hydrogens is 557 g/mol. The van der Waals surface area contributed by atoms with E-state index in [0.717, 1.165) is 6.20 Å². The molecule has 4 aromatic rings. The number of hydrogen-bond donors (Lipinski definition) is 3. The largest absolute Gasteiger partial charge is 0.491 e. The number of ether oxygens (including phenoxy) is 2. The fourth-order valence-corrected chi connectivity index (χ4v) is 5.07. The molecule has 3 aromatic heterocycles. The van der Waals surface area contributed by atoms with Gasteiger partial charge < -0.3 is 25.6 Å². The Hall–Kier alpha value is -4.33. The summed E-state index contributed by atoms with van der Waals surface area (Å²) in [5, 5.41) is 21.0. The number of hydrogen-bond acceptors (Lipinski definition) is 7. The number of aromatic nitrogens is 4. The molecule has 224 valence electrons. The maximum Gasteiger partial charge on any atom is 0.333 e. The highest BCUT2D eigenvalue weighted by Crippen LogP contribution is 2.36. The van der Waals surface area contributed by atoms with Gasteiger partial charge in [-0.3, -0.25) is 9.59 Å². The number of alkyl halides is 2. The fourth-order valence-electron chi connectivity index (χ4n) is 5.07. The number of fused-ring (bicyclic) bond motifs is 2. The average Bonchev–Trinajstić information content (AvgIpc) is 3.43. The summed E-state index contributed by atoms with van der Waals surface area (Å²) in [5.74, 6) is -1.38. The van der Waals surface area contributed by atoms with Crippen molar-refractivity contribution in [1.82, 2.24) is 24.7 Å². The zero-order chi connectivity index (χ0) is 30.3. The zero-order valence-corrected chi connectivity index (χ0v) is 23.2. The normalized spacial score (nSPS) is 17.8. The van der Waals surface area contributed by atoms with Crippen molar-refractivity contribution in [3.05, 3.63) is 53.6 Å². The molecule has 2 amide bonds. The molecule has 0 aliphatic heterocycles. The van der Waals surface area contributed by atoms with Gasteiger partial charge in [0.15, 0.2) is 5.69 Å². The summed E-state index contributed by atoms with van der Waals surface area (Å²) in [5.41, 5.74) is 4.69. The number of nitrogens with zero attached hydrogens (tertiary/aromatic N) is 4. The molecule has 1 atom stereocenters. The minimum Gasteiger partial charge on any atom is -0.491 e. The summed E-state index contributed by atoms with van der Waals surface area (Å²) < 4.78 is 54.1. The van der Waals surface area contributed by atoms with Gasteiger partial charge >= 0.3 is 6.55 Å². The van der Waals surface area contributed by atoms with Crippen molar-refractivity contribution in [2.75, 3.05) is 6.61 Å². The van der Waals surface area contributed by atoms with Gasteiger partial charge in [-0.2, -0.15) is 13.9 Å². The lowest BCUT2D eigenvalue weighted by molar-refractivity contribution is 0.0284. The number of benzene rings is 1. The third-order valence-electron chi connectivity index (χ3n) is 7.01. The number of amides is 2. The van der Waals surface area contributed by atoms with Crippen LogP contribution in [0.5, 0.6) is 11.6 Å². The number of halogens is 3. The second kappa shape index (κ2) is 11.2. The predicted octanol–water partition coefficient (Wildman–Crippen LogP) is 3.83. The number of carbonyl (C=O) groups excluding carboxylic acids is 2. The minimum absolute atomic E-state index is 0.0278. The lowest BCUT2D eigenvalue weighted by Crippen LogP contribution is -2.40. The van der Waals surface area contributed by atoms with Crippen LogP contribution in [-0.2, 0) is 0 Å². The van der Waals surface area contributed by atoms with Crippen LogP contribution in [0.3, 0.4) is 0 Å². The van der Waals surface area contributed by atoms with Crippen molar-refractivity contribution >= 4 is 28.2 Å². The summed E-state index contributed by atoms with van der Waals surface area (Å²) in [7, 11) is 0. The van der Waals surface area contributed by atoms with Crippen molar-refractivity contribution in [2.24, 2.45) is 11.7 Å². The van der Waals surface area contributed by atoms with Gasteiger partial charge in [0, 0.05) is 17.5 Å². The van der Waals surface area contributed by atoms with Gasteiger partial charge in [-0.25, -0.2) is 13.6 Å². The molecule has 42 heavy (non-hydrogen) atoms. The molecule has 1 saturated carbocycles. The highest BCUT2D eigenvalue weighted by atomic mass is 19.3. The van der Waals surface area contributed by atoms with E-state index in [9.17, 15) is 27.9 Å². The van der Waals surface area contributed by atoms with Crippen LogP contribution in [0.2, 0.25) is 0 Å². The first-order chi connectivity index (χ1) is 19.8. The Morgan fingerprint density at radius 3 is 2.60 bits per heavy atom. The summed E-state index contributed by atoms with van der Waals surface area (Å²) >= 11 is 0. The van der Waals surface area contributed by atoms with Gasteiger partial charge in [-0.05, 0) is 70.2 Å². The van der Waals surface area contributed by atoms with Gasteiger partial charge in [-0.1, -0.05) is 0 Å². The van der Waals surface area contributed by atoms with Gasteiger partial charge in [0.05, 0.1) is 22.8 Å². The monoisotopic (exact) mass is 588 g/mol. The van der Waals surface area contributed by atoms with Crippen molar-refractivity contribution in [1.29, 1.82) is 0 Å². The van der Waals surface area contributed by atoms with Crippen molar-refractivity contribution < 1.29 is 37.3 Å². The first kappa shape index (κ1) is 29.2. The Balaban J connectivity index is 1.20. The highest BCUT2D eigenvalue weighted by molar-refractivity contribution is 6.05. The molecule has 11 nitrogen and oxygen atoms in total. The third-order valence-corrected chi connectivity index (χ3v) is 7.01. The Morgan fingerprint density at radius 1 is 1.19 bits per heavy atom. The van der Waals surface area contributed by atoms with E-state index in [-0.39, 0.29) is 58.5 Å². The Bertz CT molecular complexity index is 1640. The Labute approximate surface area is 238 Å². The van der Waals surface area contributed by atoms with E-state index in [2.05, 4.69) is 15.5 Å². The zero-order valence-electron chi connectivity index (χ0n) is 23.2. The van der Waals surface area contributed by atoms with E-state index >= 15 is 0 Å². The summed E-state index contributed by atoms with van der Waals surface area (Å²) in [4.78, 5) is 25.0. The van der Waals surface area contributed by atoms with Gasteiger partial charge in [0.1, 0.15) is 29.8 Å². The van der Waals surface area contributed by atoms with Crippen molar-refractivity contribution in [3.8, 4) is 11.6 Å². The van der Waals surface area contributed by atoms with Crippen molar-refractivity contribution in [2.45, 2.75) is 64.3 Å². The molecule has 3 heterocycles.